The van der Waals surface area contributed by atoms with E-state index in [1.807, 2.05) is 24.3 Å². The van der Waals surface area contributed by atoms with E-state index >= 15 is 0 Å². The van der Waals surface area contributed by atoms with Crippen molar-refractivity contribution in [2.24, 2.45) is 0 Å². The molecular formula is C18H22N2O. The number of aryl methyl sites for hydroxylation is 2. The predicted molar refractivity (Wildman–Crippen MR) is 87.3 cm³/mol. The average Bonchev–Trinajstić information content (AvgIpc) is 2.50. The minimum Gasteiger partial charge on any atom is -0.325 e. The first-order chi connectivity index (χ1) is 10.2. The normalized spacial score (nSPS) is 10.4. The summed E-state index contributed by atoms with van der Waals surface area (Å²) in [7, 11) is 0. The van der Waals surface area contributed by atoms with Gasteiger partial charge in [-0.05, 0) is 36.6 Å². The van der Waals surface area contributed by atoms with Crippen LogP contribution in [-0.4, -0.2) is 12.5 Å². The molecule has 2 rings (SSSR count). The lowest BCUT2D eigenvalue weighted by molar-refractivity contribution is -0.115. The van der Waals surface area contributed by atoms with Crippen molar-refractivity contribution in [3.63, 3.8) is 0 Å². The molecule has 2 aromatic rings. The number of carbonyl (C=O) groups excluding carboxylic acids is 1. The molecule has 2 aromatic carbocycles. The minimum atomic E-state index is -0.0219. The van der Waals surface area contributed by atoms with Gasteiger partial charge in [0.1, 0.15) is 0 Å². The highest BCUT2D eigenvalue weighted by Crippen LogP contribution is 2.09. The van der Waals surface area contributed by atoms with E-state index in [0.29, 0.717) is 13.1 Å². The summed E-state index contributed by atoms with van der Waals surface area (Å²) in [4.78, 5) is 11.8. The van der Waals surface area contributed by atoms with Crippen LogP contribution in [0.15, 0.2) is 48.5 Å². The first-order valence-electron chi connectivity index (χ1n) is 7.32. The van der Waals surface area contributed by atoms with Gasteiger partial charge in [0, 0.05) is 12.2 Å². The van der Waals surface area contributed by atoms with Gasteiger partial charge in [0.25, 0.3) is 0 Å². The molecule has 0 spiro atoms. The summed E-state index contributed by atoms with van der Waals surface area (Å²) in [5.41, 5.74) is 4.53. The van der Waals surface area contributed by atoms with E-state index in [2.05, 4.69) is 48.7 Å². The monoisotopic (exact) mass is 282 g/mol. The number of anilines is 1. The van der Waals surface area contributed by atoms with Crippen molar-refractivity contribution < 1.29 is 4.79 Å². The first kappa shape index (κ1) is 15.3. The zero-order valence-corrected chi connectivity index (χ0v) is 12.6. The molecule has 0 heterocycles. The smallest absolute Gasteiger partial charge is 0.238 e. The zero-order chi connectivity index (χ0) is 15.1. The van der Waals surface area contributed by atoms with Crippen LogP contribution in [0.4, 0.5) is 5.69 Å². The molecule has 0 aliphatic carbocycles. The third kappa shape index (κ3) is 5.04. The highest BCUT2D eigenvalue weighted by atomic mass is 16.1. The maximum absolute atomic E-state index is 11.8. The van der Waals surface area contributed by atoms with E-state index < -0.39 is 0 Å². The maximum atomic E-state index is 11.8. The lowest BCUT2D eigenvalue weighted by Crippen LogP contribution is -2.27. The van der Waals surface area contributed by atoms with Gasteiger partial charge in [-0.25, -0.2) is 0 Å². The second-order valence-corrected chi connectivity index (χ2v) is 5.19. The molecule has 0 saturated heterocycles. The quantitative estimate of drug-likeness (QED) is 0.853. The summed E-state index contributed by atoms with van der Waals surface area (Å²) in [6.07, 6.45) is 1.01. The molecule has 2 N–H and O–H groups in total. The second kappa shape index (κ2) is 7.60. The number of rotatable bonds is 6. The highest BCUT2D eigenvalue weighted by Gasteiger charge is 2.02. The van der Waals surface area contributed by atoms with Gasteiger partial charge in [-0.3, -0.25) is 4.79 Å². The number of nitrogens with one attached hydrogen (secondary N) is 2. The molecule has 0 fully saturated rings. The lowest BCUT2D eigenvalue weighted by Gasteiger charge is -2.08. The molecule has 0 saturated carbocycles. The largest absolute Gasteiger partial charge is 0.325 e. The fourth-order valence-corrected chi connectivity index (χ4v) is 2.06. The lowest BCUT2D eigenvalue weighted by atomic mass is 10.1. The predicted octanol–water partition coefficient (Wildman–Crippen LogP) is 3.29. The van der Waals surface area contributed by atoms with Gasteiger partial charge in [0.05, 0.1) is 6.54 Å². The van der Waals surface area contributed by atoms with Crippen molar-refractivity contribution in [1.29, 1.82) is 0 Å². The summed E-state index contributed by atoms with van der Waals surface area (Å²) in [5, 5.41) is 6.04. The van der Waals surface area contributed by atoms with Gasteiger partial charge in [0.2, 0.25) is 5.91 Å². The molecule has 110 valence electrons. The molecule has 3 nitrogen and oxygen atoms in total. The minimum absolute atomic E-state index is 0.0219. The van der Waals surface area contributed by atoms with E-state index in [1.165, 1.54) is 16.7 Å². The van der Waals surface area contributed by atoms with Crippen LogP contribution in [-0.2, 0) is 17.8 Å². The van der Waals surface area contributed by atoms with E-state index in [-0.39, 0.29) is 5.91 Å². The Morgan fingerprint density at radius 3 is 2.19 bits per heavy atom. The van der Waals surface area contributed by atoms with E-state index in [1.54, 1.807) is 0 Å². The van der Waals surface area contributed by atoms with Crippen LogP contribution in [0.3, 0.4) is 0 Å². The molecule has 0 aromatic heterocycles. The van der Waals surface area contributed by atoms with E-state index in [0.717, 1.165) is 12.1 Å². The Kier molecular flexibility index (Phi) is 5.52. The third-order valence-corrected chi connectivity index (χ3v) is 3.38. The average molecular weight is 282 g/mol. The second-order valence-electron chi connectivity index (χ2n) is 5.19. The van der Waals surface area contributed by atoms with Crippen molar-refractivity contribution in [3.8, 4) is 0 Å². The van der Waals surface area contributed by atoms with E-state index in [9.17, 15) is 4.79 Å². The summed E-state index contributed by atoms with van der Waals surface area (Å²) >= 11 is 0. The summed E-state index contributed by atoms with van der Waals surface area (Å²) in [6.45, 7) is 5.18. The van der Waals surface area contributed by atoms with Crippen LogP contribution in [0.2, 0.25) is 0 Å². The van der Waals surface area contributed by atoms with Gasteiger partial charge in [-0.2, -0.15) is 0 Å². The number of hydrogen-bond donors (Lipinski definition) is 2. The van der Waals surface area contributed by atoms with Crippen molar-refractivity contribution in [1.82, 2.24) is 5.32 Å². The van der Waals surface area contributed by atoms with Crippen LogP contribution >= 0.6 is 0 Å². The Morgan fingerprint density at radius 2 is 1.57 bits per heavy atom. The van der Waals surface area contributed by atoms with Crippen LogP contribution in [0, 0.1) is 6.92 Å². The third-order valence-electron chi connectivity index (χ3n) is 3.38. The Morgan fingerprint density at radius 1 is 0.952 bits per heavy atom. The van der Waals surface area contributed by atoms with Gasteiger partial charge in [-0.15, -0.1) is 0 Å². The Labute approximate surface area is 126 Å². The topological polar surface area (TPSA) is 41.1 Å². The van der Waals surface area contributed by atoms with Crippen molar-refractivity contribution >= 4 is 11.6 Å². The van der Waals surface area contributed by atoms with Crippen LogP contribution in [0.25, 0.3) is 0 Å². The van der Waals surface area contributed by atoms with Gasteiger partial charge in [-0.1, -0.05) is 48.9 Å². The van der Waals surface area contributed by atoms with Gasteiger partial charge >= 0.3 is 0 Å². The molecule has 21 heavy (non-hydrogen) atoms. The first-order valence-corrected chi connectivity index (χ1v) is 7.32. The molecule has 3 heteroatoms. The summed E-state index contributed by atoms with van der Waals surface area (Å²) < 4.78 is 0. The summed E-state index contributed by atoms with van der Waals surface area (Å²) in [6, 6.07) is 16.3. The maximum Gasteiger partial charge on any atom is 0.238 e. The number of amides is 1. The van der Waals surface area contributed by atoms with Gasteiger partial charge in [0.15, 0.2) is 0 Å². The fraction of sp³-hybridized carbons (Fsp3) is 0.278. The summed E-state index contributed by atoms with van der Waals surface area (Å²) in [5.74, 6) is -0.0219. The number of carbonyl (C=O) groups is 1. The number of hydrogen-bond acceptors (Lipinski definition) is 2. The Hall–Kier alpha value is -2.13. The van der Waals surface area contributed by atoms with Crippen LogP contribution < -0.4 is 10.6 Å². The van der Waals surface area contributed by atoms with Crippen molar-refractivity contribution in [2.75, 3.05) is 11.9 Å². The van der Waals surface area contributed by atoms with Crippen LogP contribution in [0.1, 0.15) is 23.6 Å². The SMILES string of the molecule is CCc1ccc(NC(=O)CNCc2ccc(C)cc2)cc1. The molecule has 0 atom stereocenters. The molecule has 0 aliphatic heterocycles. The fourth-order valence-electron chi connectivity index (χ4n) is 2.06. The zero-order valence-electron chi connectivity index (χ0n) is 12.6. The van der Waals surface area contributed by atoms with Crippen molar-refractivity contribution in [3.05, 3.63) is 65.2 Å². The molecular weight excluding hydrogens is 260 g/mol. The Bertz CT molecular complexity index is 573. The molecule has 1 amide bonds. The molecule has 0 bridgehead atoms. The highest BCUT2D eigenvalue weighted by molar-refractivity contribution is 5.92. The van der Waals surface area contributed by atoms with Crippen molar-refractivity contribution in [2.45, 2.75) is 26.8 Å². The number of benzene rings is 2. The van der Waals surface area contributed by atoms with Crippen LogP contribution in [0.5, 0.6) is 0 Å². The standard InChI is InChI=1S/C18H22N2O/c1-3-15-8-10-17(11-9-15)20-18(21)13-19-12-16-6-4-14(2)5-7-16/h4-11,19H,3,12-13H2,1-2H3,(H,20,21). The Balaban J connectivity index is 1.75. The molecule has 0 unspecified atom stereocenters. The van der Waals surface area contributed by atoms with E-state index in [4.69, 9.17) is 0 Å². The molecule has 0 radical (unpaired) electrons. The van der Waals surface area contributed by atoms with Gasteiger partial charge < -0.3 is 10.6 Å². The molecule has 0 aliphatic rings.